The van der Waals surface area contributed by atoms with Crippen molar-refractivity contribution in [1.29, 1.82) is 0 Å². The molecule has 0 radical (unpaired) electrons. The monoisotopic (exact) mass is 259 g/mol. The van der Waals surface area contributed by atoms with E-state index in [0.717, 1.165) is 18.5 Å². The van der Waals surface area contributed by atoms with E-state index in [-0.39, 0.29) is 11.9 Å². The van der Waals surface area contributed by atoms with Gasteiger partial charge in [0.15, 0.2) is 0 Å². The molecule has 0 aromatic heterocycles. The molecule has 0 saturated heterocycles. The smallest absolute Gasteiger partial charge is 0.123 e. The summed E-state index contributed by atoms with van der Waals surface area (Å²) >= 11 is 6.09. The first-order valence-corrected chi connectivity index (χ1v) is 6.32. The van der Waals surface area contributed by atoms with Crippen LogP contribution in [0.2, 0.25) is 5.02 Å². The minimum Gasteiger partial charge on any atom is -0.380 e. The molecule has 0 saturated carbocycles. The molecule has 1 aromatic rings. The summed E-state index contributed by atoms with van der Waals surface area (Å²) < 4.78 is 18.6. The van der Waals surface area contributed by atoms with Crippen LogP contribution in [0.1, 0.15) is 31.9 Å². The fraction of sp³-hybridized carbons (Fsp3) is 0.538. The lowest BCUT2D eigenvalue weighted by atomic mass is 10.1. The SMILES string of the molecule is CCCNC(COCC)c1cc(F)ccc1Cl. The highest BCUT2D eigenvalue weighted by atomic mass is 35.5. The second-order valence-electron chi connectivity index (χ2n) is 3.83. The van der Waals surface area contributed by atoms with Crippen molar-refractivity contribution in [2.45, 2.75) is 26.3 Å². The maximum atomic E-state index is 13.2. The van der Waals surface area contributed by atoms with Crippen LogP contribution in [0.5, 0.6) is 0 Å². The van der Waals surface area contributed by atoms with Gasteiger partial charge in [0, 0.05) is 11.6 Å². The lowest BCUT2D eigenvalue weighted by Gasteiger charge is -2.20. The molecule has 1 aromatic carbocycles. The number of hydrogen-bond donors (Lipinski definition) is 1. The van der Waals surface area contributed by atoms with Crippen molar-refractivity contribution in [3.63, 3.8) is 0 Å². The lowest BCUT2D eigenvalue weighted by Crippen LogP contribution is -2.26. The van der Waals surface area contributed by atoms with Gasteiger partial charge < -0.3 is 10.1 Å². The fourth-order valence-corrected chi connectivity index (χ4v) is 1.84. The predicted molar refractivity (Wildman–Crippen MR) is 68.9 cm³/mol. The van der Waals surface area contributed by atoms with Crippen LogP contribution in [0.15, 0.2) is 18.2 Å². The standard InChI is InChI=1S/C13H19ClFNO/c1-3-7-16-13(9-17-4-2)11-8-10(15)5-6-12(11)14/h5-6,8,13,16H,3-4,7,9H2,1-2H3. The molecule has 0 fully saturated rings. The molecule has 2 nitrogen and oxygen atoms in total. The molecule has 1 rings (SSSR count). The number of ether oxygens (including phenoxy) is 1. The molecular formula is C13H19ClFNO. The zero-order valence-electron chi connectivity index (χ0n) is 10.3. The predicted octanol–water partition coefficient (Wildman–Crippen LogP) is 3.56. The maximum Gasteiger partial charge on any atom is 0.123 e. The highest BCUT2D eigenvalue weighted by Gasteiger charge is 2.14. The first kappa shape index (κ1) is 14.4. The lowest BCUT2D eigenvalue weighted by molar-refractivity contribution is 0.123. The van der Waals surface area contributed by atoms with Gasteiger partial charge in [0.05, 0.1) is 12.6 Å². The van der Waals surface area contributed by atoms with Gasteiger partial charge in [-0.05, 0) is 43.7 Å². The van der Waals surface area contributed by atoms with Crippen LogP contribution in [0, 0.1) is 5.82 Å². The van der Waals surface area contributed by atoms with E-state index in [4.69, 9.17) is 16.3 Å². The van der Waals surface area contributed by atoms with Crippen LogP contribution in [0.4, 0.5) is 4.39 Å². The molecule has 1 unspecified atom stereocenters. The summed E-state index contributed by atoms with van der Waals surface area (Å²) in [6.07, 6.45) is 1.01. The van der Waals surface area contributed by atoms with Crippen LogP contribution >= 0.6 is 11.6 Å². The molecule has 0 bridgehead atoms. The maximum absolute atomic E-state index is 13.2. The van der Waals surface area contributed by atoms with E-state index in [1.807, 2.05) is 6.92 Å². The summed E-state index contributed by atoms with van der Waals surface area (Å²) in [5, 5.41) is 3.88. The Morgan fingerprint density at radius 1 is 1.41 bits per heavy atom. The van der Waals surface area contributed by atoms with Crippen LogP contribution < -0.4 is 5.32 Å². The summed E-state index contributed by atoms with van der Waals surface area (Å²) in [6, 6.07) is 4.36. The average Bonchev–Trinajstić information content (AvgIpc) is 2.33. The largest absolute Gasteiger partial charge is 0.380 e. The van der Waals surface area contributed by atoms with E-state index in [0.29, 0.717) is 18.2 Å². The molecule has 0 aliphatic heterocycles. The summed E-state index contributed by atoms with van der Waals surface area (Å²) in [4.78, 5) is 0. The number of benzene rings is 1. The van der Waals surface area contributed by atoms with Gasteiger partial charge in [-0.25, -0.2) is 4.39 Å². The molecule has 0 spiro atoms. The summed E-state index contributed by atoms with van der Waals surface area (Å²) in [5.41, 5.74) is 0.758. The highest BCUT2D eigenvalue weighted by molar-refractivity contribution is 6.31. The Hall–Kier alpha value is -0.640. The van der Waals surface area contributed by atoms with E-state index in [1.54, 1.807) is 6.07 Å². The van der Waals surface area contributed by atoms with E-state index in [1.165, 1.54) is 12.1 Å². The summed E-state index contributed by atoms with van der Waals surface area (Å²) in [5.74, 6) is -0.274. The number of rotatable bonds is 7. The summed E-state index contributed by atoms with van der Waals surface area (Å²) in [7, 11) is 0. The first-order valence-electron chi connectivity index (χ1n) is 5.95. The highest BCUT2D eigenvalue weighted by Crippen LogP contribution is 2.24. The molecule has 1 atom stereocenters. The quantitative estimate of drug-likeness (QED) is 0.809. The van der Waals surface area contributed by atoms with Crippen LogP contribution in [-0.4, -0.2) is 19.8 Å². The van der Waals surface area contributed by atoms with Crippen LogP contribution in [0.3, 0.4) is 0 Å². The molecule has 96 valence electrons. The van der Waals surface area contributed by atoms with Gasteiger partial charge in [0.2, 0.25) is 0 Å². The second-order valence-corrected chi connectivity index (χ2v) is 4.24. The van der Waals surface area contributed by atoms with E-state index >= 15 is 0 Å². The van der Waals surface area contributed by atoms with Gasteiger partial charge in [-0.2, -0.15) is 0 Å². The van der Waals surface area contributed by atoms with Gasteiger partial charge in [-0.3, -0.25) is 0 Å². The van der Waals surface area contributed by atoms with E-state index in [9.17, 15) is 4.39 Å². The molecular weight excluding hydrogens is 241 g/mol. The minimum atomic E-state index is -0.274. The third-order valence-electron chi connectivity index (χ3n) is 2.46. The normalized spacial score (nSPS) is 12.7. The Morgan fingerprint density at radius 2 is 2.18 bits per heavy atom. The van der Waals surface area contributed by atoms with Crippen molar-refractivity contribution in [3.05, 3.63) is 34.6 Å². The Balaban J connectivity index is 2.82. The van der Waals surface area contributed by atoms with Gasteiger partial charge in [-0.1, -0.05) is 18.5 Å². The van der Waals surface area contributed by atoms with Gasteiger partial charge in [-0.15, -0.1) is 0 Å². The van der Waals surface area contributed by atoms with Crippen molar-refractivity contribution in [1.82, 2.24) is 5.32 Å². The Morgan fingerprint density at radius 3 is 2.82 bits per heavy atom. The van der Waals surface area contributed by atoms with Crippen molar-refractivity contribution >= 4 is 11.6 Å². The fourth-order valence-electron chi connectivity index (χ4n) is 1.59. The number of hydrogen-bond acceptors (Lipinski definition) is 2. The molecule has 17 heavy (non-hydrogen) atoms. The topological polar surface area (TPSA) is 21.3 Å². The molecule has 1 N–H and O–H groups in total. The van der Waals surface area contributed by atoms with Gasteiger partial charge >= 0.3 is 0 Å². The van der Waals surface area contributed by atoms with Crippen molar-refractivity contribution in [2.24, 2.45) is 0 Å². The zero-order valence-corrected chi connectivity index (χ0v) is 11.1. The molecule has 4 heteroatoms. The van der Waals surface area contributed by atoms with Gasteiger partial charge in [0.25, 0.3) is 0 Å². The minimum absolute atomic E-state index is 0.0573. The van der Waals surface area contributed by atoms with Gasteiger partial charge in [0.1, 0.15) is 5.82 Å². The number of nitrogens with one attached hydrogen (secondary N) is 1. The summed E-state index contributed by atoms with van der Waals surface area (Å²) in [6.45, 7) is 6.00. The molecule has 0 heterocycles. The molecule has 0 aliphatic carbocycles. The first-order chi connectivity index (χ1) is 8.19. The Bertz CT molecular complexity index is 338. The van der Waals surface area contributed by atoms with E-state index < -0.39 is 0 Å². The number of halogens is 2. The van der Waals surface area contributed by atoms with Crippen molar-refractivity contribution < 1.29 is 9.13 Å². The Labute approximate surface area is 107 Å². The van der Waals surface area contributed by atoms with Crippen molar-refractivity contribution in [3.8, 4) is 0 Å². The molecule has 0 aliphatic rings. The van der Waals surface area contributed by atoms with Crippen molar-refractivity contribution in [2.75, 3.05) is 19.8 Å². The third-order valence-corrected chi connectivity index (χ3v) is 2.81. The third kappa shape index (κ3) is 4.62. The Kier molecular flexibility index (Phi) is 6.48. The van der Waals surface area contributed by atoms with Crippen LogP contribution in [-0.2, 0) is 4.74 Å². The van der Waals surface area contributed by atoms with E-state index in [2.05, 4.69) is 12.2 Å². The average molecular weight is 260 g/mol. The van der Waals surface area contributed by atoms with Crippen LogP contribution in [0.25, 0.3) is 0 Å². The zero-order chi connectivity index (χ0) is 12.7. The molecule has 0 amide bonds. The second kappa shape index (κ2) is 7.64.